The standard InChI is InChI=1S/C17H28N4O2S/c1-2-16-19-14(13-24-16)3-6-18-17(22)21-9-7-20(8-10-21)15-4-11-23-12-5-15/h13,15H,2-12H2,1H3,(H,18,22). The molecule has 1 aromatic rings. The maximum Gasteiger partial charge on any atom is 0.317 e. The van der Waals surface area contributed by atoms with Gasteiger partial charge in [0.05, 0.1) is 10.7 Å². The van der Waals surface area contributed by atoms with Crippen LogP contribution in [0.1, 0.15) is 30.5 Å². The third-order valence-corrected chi connectivity index (χ3v) is 5.91. The van der Waals surface area contributed by atoms with Gasteiger partial charge in [0.1, 0.15) is 0 Å². The van der Waals surface area contributed by atoms with Gasteiger partial charge in [-0.15, -0.1) is 11.3 Å². The molecule has 24 heavy (non-hydrogen) atoms. The van der Waals surface area contributed by atoms with Gasteiger partial charge in [-0.3, -0.25) is 4.90 Å². The number of nitrogens with one attached hydrogen (secondary N) is 1. The van der Waals surface area contributed by atoms with Crippen molar-refractivity contribution in [1.82, 2.24) is 20.1 Å². The molecule has 0 saturated carbocycles. The van der Waals surface area contributed by atoms with Crippen LogP contribution in [0.15, 0.2) is 5.38 Å². The number of carbonyl (C=O) groups excluding carboxylic acids is 1. The summed E-state index contributed by atoms with van der Waals surface area (Å²) in [7, 11) is 0. The molecule has 0 radical (unpaired) electrons. The second-order valence-corrected chi connectivity index (χ2v) is 7.38. The summed E-state index contributed by atoms with van der Waals surface area (Å²) in [5.74, 6) is 0. The number of urea groups is 1. The average molecular weight is 353 g/mol. The number of aryl methyl sites for hydroxylation is 1. The fourth-order valence-electron chi connectivity index (χ4n) is 3.38. The van der Waals surface area contributed by atoms with E-state index in [1.807, 2.05) is 4.90 Å². The van der Waals surface area contributed by atoms with E-state index < -0.39 is 0 Å². The molecule has 1 aromatic heterocycles. The maximum atomic E-state index is 12.3. The molecular weight excluding hydrogens is 324 g/mol. The van der Waals surface area contributed by atoms with Crippen molar-refractivity contribution in [3.8, 4) is 0 Å². The van der Waals surface area contributed by atoms with Crippen molar-refractivity contribution in [2.75, 3.05) is 45.9 Å². The quantitative estimate of drug-likeness (QED) is 0.877. The Kier molecular flexibility index (Phi) is 6.45. The van der Waals surface area contributed by atoms with Gasteiger partial charge in [0.25, 0.3) is 0 Å². The molecule has 0 atom stereocenters. The van der Waals surface area contributed by atoms with Gasteiger partial charge < -0.3 is 15.0 Å². The van der Waals surface area contributed by atoms with Crippen LogP contribution in [0.25, 0.3) is 0 Å². The van der Waals surface area contributed by atoms with Crippen LogP contribution >= 0.6 is 11.3 Å². The molecule has 6 nitrogen and oxygen atoms in total. The van der Waals surface area contributed by atoms with Gasteiger partial charge >= 0.3 is 6.03 Å². The number of aromatic nitrogens is 1. The van der Waals surface area contributed by atoms with Crippen LogP contribution in [0.2, 0.25) is 0 Å². The number of carbonyl (C=O) groups is 1. The molecule has 2 fully saturated rings. The summed E-state index contributed by atoms with van der Waals surface area (Å²) in [6.07, 6.45) is 4.04. The fourth-order valence-corrected chi connectivity index (χ4v) is 4.16. The predicted octanol–water partition coefficient (Wildman–Crippen LogP) is 1.75. The lowest BCUT2D eigenvalue weighted by Crippen LogP contribution is -2.55. The van der Waals surface area contributed by atoms with Crippen LogP contribution in [0.4, 0.5) is 4.79 Å². The van der Waals surface area contributed by atoms with Crippen molar-refractivity contribution in [2.24, 2.45) is 0 Å². The molecular formula is C17H28N4O2S. The lowest BCUT2D eigenvalue weighted by atomic mass is 10.1. The second-order valence-electron chi connectivity index (χ2n) is 6.43. The van der Waals surface area contributed by atoms with Gasteiger partial charge in [-0.1, -0.05) is 6.92 Å². The van der Waals surface area contributed by atoms with E-state index in [2.05, 4.69) is 27.5 Å². The third kappa shape index (κ3) is 4.68. The molecule has 3 rings (SSSR count). The highest BCUT2D eigenvalue weighted by molar-refractivity contribution is 7.09. The molecule has 0 aliphatic carbocycles. The van der Waals surface area contributed by atoms with E-state index in [1.165, 1.54) is 5.01 Å². The highest BCUT2D eigenvalue weighted by Gasteiger charge is 2.27. The van der Waals surface area contributed by atoms with Gasteiger partial charge in [-0.25, -0.2) is 9.78 Å². The van der Waals surface area contributed by atoms with Crippen molar-refractivity contribution < 1.29 is 9.53 Å². The summed E-state index contributed by atoms with van der Waals surface area (Å²) in [5.41, 5.74) is 1.08. The van der Waals surface area contributed by atoms with Crippen LogP contribution in [0, 0.1) is 0 Å². The predicted molar refractivity (Wildman–Crippen MR) is 95.6 cm³/mol. The first-order chi connectivity index (χ1) is 11.8. The molecule has 2 amide bonds. The molecule has 1 N–H and O–H groups in total. The van der Waals surface area contributed by atoms with Crippen LogP contribution in [0.5, 0.6) is 0 Å². The van der Waals surface area contributed by atoms with Crippen LogP contribution < -0.4 is 5.32 Å². The molecule has 2 saturated heterocycles. The minimum absolute atomic E-state index is 0.0626. The van der Waals surface area contributed by atoms with E-state index in [1.54, 1.807) is 11.3 Å². The Balaban J connectivity index is 1.35. The smallest absolute Gasteiger partial charge is 0.317 e. The summed E-state index contributed by atoms with van der Waals surface area (Å²) in [6.45, 7) is 8.12. The summed E-state index contributed by atoms with van der Waals surface area (Å²) >= 11 is 1.70. The molecule has 0 spiro atoms. The zero-order chi connectivity index (χ0) is 16.8. The van der Waals surface area contributed by atoms with Gasteiger partial charge in [0.2, 0.25) is 0 Å². The van der Waals surface area contributed by atoms with Crippen LogP contribution in [0.3, 0.4) is 0 Å². The Morgan fingerprint density at radius 2 is 2.08 bits per heavy atom. The number of thiazole rings is 1. The average Bonchev–Trinajstić information content (AvgIpc) is 3.10. The van der Waals surface area contributed by atoms with Gasteiger partial charge in [-0.05, 0) is 19.3 Å². The highest BCUT2D eigenvalue weighted by atomic mass is 32.1. The minimum atomic E-state index is 0.0626. The number of piperazine rings is 1. The molecule has 7 heteroatoms. The van der Waals surface area contributed by atoms with E-state index in [0.29, 0.717) is 12.6 Å². The zero-order valence-electron chi connectivity index (χ0n) is 14.5. The zero-order valence-corrected chi connectivity index (χ0v) is 15.3. The lowest BCUT2D eigenvalue weighted by molar-refractivity contribution is 0.0187. The number of rotatable bonds is 5. The lowest BCUT2D eigenvalue weighted by Gasteiger charge is -2.40. The Labute approximate surface area is 148 Å². The van der Waals surface area contributed by atoms with Crippen molar-refractivity contribution >= 4 is 17.4 Å². The van der Waals surface area contributed by atoms with Crippen molar-refractivity contribution in [3.63, 3.8) is 0 Å². The van der Waals surface area contributed by atoms with Crippen LogP contribution in [-0.2, 0) is 17.6 Å². The third-order valence-electron chi connectivity index (χ3n) is 4.87. The molecule has 2 aliphatic heterocycles. The first kappa shape index (κ1) is 17.6. The Hall–Kier alpha value is -1.18. The van der Waals surface area contributed by atoms with Gasteiger partial charge in [-0.2, -0.15) is 0 Å². The Morgan fingerprint density at radius 3 is 2.75 bits per heavy atom. The number of hydrogen-bond acceptors (Lipinski definition) is 5. The summed E-state index contributed by atoms with van der Waals surface area (Å²) in [6, 6.07) is 0.703. The van der Waals surface area contributed by atoms with E-state index >= 15 is 0 Å². The fraction of sp³-hybridized carbons (Fsp3) is 0.765. The van der Waals surface area contributed by atoms with E-state index in [-0.39, 0.29) is 6.03 Å². The Morgan fingerprint density at radius 1 is 1.33 bits per heavy atom. The van der Waals surface area contributed by atoms with E-state index in [4.69, 9.17) is 4.74 Å². The largest absolute Gasteiger partial charge is 0.381 e. The molecule has 0 bridgehead atoms. The topological polar surface area (TPSA) is 57.7 Å². The maximum absolute atomic E-state index is 12.3. The molecule has 134 valence electrons. The highest BCUT2D eigenvalue weighted by Crippen LogP contribution is 2.16. The first-order valence-electron chi connectivity index (χ1n) is 9.04. The number of nitrogens with zero attached hydrogens (tertiary/aromatic N) is 3. The normalized spacial score (nSPS) is 20.3. The molecule has 2 aliphatic rings. The van der Waals surface area contributed by atoms with E-state index in [0.717, 1.165) is 70.8 Å². The summed E-state index contributed by atoms with van der Waals surface area (Å²) in [4.78, 5) is 21.3. The molecule has 0 unspecified atom stereocenters. The van der Waals surface area contributed by atoms with Crippen molar-refractivity contribution in [3.05, 3.63) is 16.1 Å². The summed E-state index contributed by atoms with van der Waals surface area (Å²) < 4.78 is 5.43. The monoisotopic (exact) mass is 352 g/mol. The second kappa shape index (κ2) is 8.78. The Bertz CT molecular complexity index is 522. The van der Waals surface area contributed by atoms with E-state index in [9.17, 15) is 4.79 Å². The van der Waals surface area contributed by atoms with Gasteiger partial charge in [0.15, 0.2) is 0 Å². The summed E-state index contributed by atoms with van der Waals surface area (Å²) in [5, 5.41) is 6.30. The van der Waals surface area contributed by atoms with Gasteiger partial charge in [0, 0.05) is 63.8 Å². The molecule has 0 aromatic carbocycles. The van der Waals surface area contributed by atoms with Crippen molar-refractivity contribution in [1.29, 1.82) is 0 Å². The number of hydrogen-bond donors (Lipinski definition) is 1. The van der Waals surface area contributed by atoms with Crippen LogP contribution in [-0.4, -0.2) is 72.8 Å². The molecule has 3 heterocycles. The first-order valence-corrected chi connectivity index (χ1v) is 9.92. The number of ether oxygens (including phenoxy) is 1. The minimum Gasteiger partial charge on any atom is -0.381 e. The SMILES string of the molecule is CCc1nc(CCNC(=O)N2CCN(C3CCOCC3)CC2)cs1. The van der Waals surface area contributed by atoms with Crippen molar-refractivity contribution in [2.45, 2.75) is 38.6 Å². The number of amides is 2.